The Bertz CT molecular complexity index is 282. The number of rotatable bonds is 4. The van der Waals surface area contributed by atoms with E-state index in [1.54, 1.807) is 0 Å². The number of halogens is 1. The molecular formula is C8H20ClN3O2S. The van der Waals surface area contributed by atoms with E-state index in [9.17, 15) is 8.42 Å². The normalized spacial score (nSPS) is 23.1. The zero-order valence-electron chi connectivity index (χ0n) is 9.14. The lowest BCUT2D eigenvalue weighted by Gasteiger charge is -2.18. The van der Waals surface area contributed by atoms with Crippen LogP contribution < -0.4 is 10.5 Å². The fraction of sp³-hybridized carbons (Fsp3) is 1.00. The minimum Gasteiger partial charge on any atom is -0.330 e. The van der Waals surface area contributed by atoms with Gasteiger partial charge in [-0.15, -0.1) is 12.4 Å². The fourth-order valence-electron chi connectivity index (χ4n) is 1.58. The Balaban J connectivity index is 0.00000196. The highest BCUT2D eigenvalue weighted by atomic mass is 35.5. The highest BCUT2D eigenvalue weighted by Crippen LogP contribution is 2.17. The average Bonchev–Trinajstić information content (AvgIpc) is 2.49. The van der Waals surface area contributed by atoms with Crippen molar-refractivity contribution in [1.82, 2.24) is 9.03 Å². The van der Waals surface area contributed by atoms with Crippen LogP contribution in [-0.4, -0.2) is 38.4 Å². The van der Waals surface area contributed by atoms with E-state index in [2.05, 4.69) is 4.72 Å². The summed E-state index contributed by atoms with van der Waals surface area (Å²) in [4.78, 5) is 0. The van der Waals surface area contributed by atoms with Crippen molar-refractivity contribution in [1.29, 1.82) is 0 Å². The average molecular weight is 258 g/mol. The van der Waals surface area contributed by atoms with Crippen molar-refractivity contribution < 1.29 is 8.42 Å². The molecule has 1 saturated heterocycles. The molecule has 1 atom stereocenters. The summed E-state index contributed by atoms with van der Waals surface area (Å²) in [7, 11) is -3.27. The zero-order valence-corrected chi connectivity index (χ0v) is 10.8. The third-order valence-electron chi connectivity index (χ3n) is 2.31. The second kappa shape index (κ2) is 6.00. The van der Waals surface area contributed by atoms with Gasteiger partial charge in [-0.3, -0.25) is 0 Å². The predicted molar refractivity (Wildman–Crippen MR) is 63.2 cm³/mol. The molecule has 0 amide bonds. The van der Waals surface area contributed by atoms with Crippen LogP contribution in [0.2, 0.25) is 0 Å². The van der Waals surface area contributed by atoms with Gasteiger partial charge in [-0.25, -0.2) is 0 Å². The van der Waals surface area contributed by atoms with Gasteiger partial charge < -0.3 is 5.73 Å². The number of hydrogen-bond acceptors (Lipinski definition) is 3. The van der Waals surface area contributed by atoms with E-state index in [-0.39, 0.29) is 18.4 Å². The first-order valence-corrected chi connectivity index (χ1v) is 6.37. The van der Waals surface area contributed by atoms with Crippen LogP contribution in [0.5, 0.6) is 0 Å². The summed E-state index contributed by atoms with van der Waals surface area (Å²) in [5.41, 5.74) is 5.50. The molecule has 1 unspecified atom stereocenters. The molecule has 5 nitrogen and oxygen atoms in total. The van der Waals surface area contributed by atoms with Crippen LogP contribution in [0.1, 0.15) is 20.3 Å². The van der Waals surface area contributed by atoms with Gasteiger partial charge >= 0.3 is 0 Å². The Hall–Kier alpha value is 0.120. The molecule has 0 radical (unpaired) electrons. The molecule has 0 bridgehead atoms. The first-order valence-electron chi connectivity index (χ1n) is 4.93. The van der Waals surface area contributed by atoms with E-state index >= 15 is 0 Å². The Morgan fingerprint density at radius 3 is 2.53 bits per heavy atom. The lowest BCUT2D eigenvalue weighted by molar-refractivity contribution is 0.443. The second-order valence-corrected chi connectivity index (χ2v) is 5.73. The molecule has 0 saturated carbocycles. The molecule has 0 aromatic rings. The SMILES string of the molecule is CC(C)NS(=O)(=O)N1CCC(CN)C1.Cl. The van der Waals surface area contributed by atoms with E-state index in [1.807, 2.05) is 13.8 Å². The quantitative estimate of drug-likeness (QED) is 0.741. The minimum absolute atomic E-state index is 0. The first kappa shape index (κ1) is 15.1. The number of hydrogen-bond donors (Lipinski definition) is 2. The van der Waals surface area contributed by atoms with Crippen LogP contribution in [0.3, 0.4) is 0 Å². The molecule has 15 heavy (non-hydrogen) atoms. The van der Waals surface area contributed by atoms with Crippen LogP contribution in [-0.2, 0) is 10.2 Å². The van der Waals surface area contributed by atoms with E-state index in [0.717, 1.165) is 6.42 Å². The summed E-state index contributed by atoms with van der Waals surface area (Å²) >= 11 is 0. The van der Waals surface area contributed by atoms with E-state index < -0.39 is 10.2 Å². The molecule has 92 valence electrons. The third kappa shape index (κ3) is 4.24. The van der Waals surface area contributed by atoms with Gasteiger partial charge in [0.05, 0.1) is 0 Å². The maximum Gasteiger partial charge on any atom is 0.279 e. The maximum atomic E-state index is 11.7. The van der Waals surface area contributed by atoms with Gasteiger partial charge in [0.2, 0.25) is 0 Å². The van der Waals surface area contributed by atoms with Gasteiger partial charge in [0.15, 0.2) is 0 Å². The summed E-state index contributed by atoms with van der Waals surface area (Å²) in [6.45, 7) is 5.33. The van der Waals surface area contributed by atoms with Gasteiger partial charge in [-0.2, -0.15) is 17.4 Å². The van der Waals surface area contributed by atoms with Gasteiger partial charge in [0.1, 0.15) is 0 Å². The van der Waals surface area contributed by atoms with E-state index in [4.69, 9.17) is 5.73 Å². The predicted octanol–water partition coefficient (Wildman–Crippen LogP) is -0.0684. The lowest BCUT2D eigenvalue weighted by Crippen LogP contribution is -2.42. The standard InChI is InChI=1S/C8H19N3O2S.ClH/c1-7(2)10-14(12,13)11-4-3-8(5-9)6-11;/h7-8,10H,3-6,9H2,1-2H3;1H. The van der Waals surface area contributed by atoms with E-state index in [1.165, 1.54) is 4.31 Å². The number of nitrogens with two attached hydrogens (primary N) is 1. The fourth-order valence-corrected chi connectivity index (χ4v) is 3.08. The van der Waals surface area contributed by atoms with Gasteiger partial charge in [-0.1, -0.05) is 0 Å². The van der Waals surface area contributed by atoms with Gasteiger partial charge in [0, 0.05) is 19.1 Å². The summed E-state index contributed by atoms with van der Waals surface area (Å²) in [6, 6.07) is -0.0584. The number of nitrogens with zero attached hydrogens (tertiary/aromatic N) is 1. The van der Waals surface area contributed by atoms with E-state index in [0.29, 0.717) is 25.6 Å². The largest absolute Gasteiger partial charge is 0.330 e. The summed E-state index contributed by atoms with van der Waals surface area (Å²) in [6.07, 6.45) is 0.871. The summed E-state index contributed by atoms with van der Waals surface area (Å²) in [5, 5.41) is 0. The first-order chi connectivity index (χ1) is 6.45. The molecule has 3 N–H and O–H groups in total. The van der Waals surface area contributed by atoms with Crippen molar-refractivity contribution in [2.75, 3.05) is 19.6 Å². The van der Waals surface area contributed by atoms with Crippen molar-refractivity contribution in [3.05, 3.63) is 0 Å². The summed E-state index contributed by atoms with van der Waals surface area (Å²) in [5.74, 6) is 0.318. The van der Waals surface area contributed by atoms with Crippen LogP contribution >= 0.6 is 12.4 Å². The van der Waals surface area contributed by atoms with Crippen LogP contribution in [0.4, 0.5) is 0 Å². The third-order valence-corrected chi connectivity index (χ3v) is 4.09. The minimum atomic E-state index is -3.27. The van der Waals surface area contributed by atoms with Crippen molar-refractivity contribution in [3.63, 3.8) is 0 Å². The monoisotopic (exact) mass is 257 g/mol. The Morgan fingerprint density at radius 2 is 2.13 bits per heavy atom. The molecule has 7 heteroatoms. The Morgan fingerprint density at radius 1 is 1.53 bits per heavy atom. The lowest BCUT2D eigenvalue weighted by atomic mass is 10.1. The zero-order chi connectivity index (χ0) is 10.8. The maximum absolute atomic E-state index is 11.7. The number of nitrogens with one attached hydrogen (secondary N) is 1. The highest BCUT2D eigenvalue weighted by molar-refractivity contribution is 7.87. The van der Waals surface area contributed by atoms with Gasteiger partial charge in [0.25, 0.3) is 10.2 Å². The highest BCUT2D eigenvalue weighted by Gasteiger charge is 2.30. The Kier molecular flexibility index (Phi) is 6.05. The second-order valence-electron chi connectivity index (χ2n) is 4.03. The molecule has 0 aromatic carbocycles. The molecule has 1 aliphatic heterocycles. The van der Waals surface area contributed by atoms with Crippen molar-refractivity contribution >= 4 is 22.6 Å². The Labute approximate surface area is 98.0 Å². The molecule has 1 rings (SSSR count). The molecular weight excluding hydrogens is 238 g/mol. The van der Waals surface area contributed by atoms with Crippen LogP contribution in [0.25, 0.3) is 0 Å². The topological polar surface area (TPSA) is 75.4 Å². The van der Waals surface area contributed by atoms with Crippen molar-refractivity contribution in [3.8, 4) is 0 Å². The van der Waals surface area contributed by atoms with Gasteiger partial charge in [-0.05, 0) is 32.7 Å². The van der Waals surface area contributed by atoms with Crippen molar-refractivity contribution in [2.45, 2.75) is 26.3 Å². The summed E-state index contributed by atoms with van der Waals surface area (Å²) < 4.78 is 27.4. The smallest absolute Gasteiger partial charge is 0.279 e. The molecule has 0 aliphatic carbocycles. The van der Waals surface area contributed by atoms with Crippen molar-refractivity contribution in [2.24, 2.45) is 11.7 Å². The molecule has 0 aromatic heterocycles. The van der Waals surface area contributed by atoms with Crippen LogP contribution in [0, 0.1) is 5.92 Å². The molecule has 1 aliphatic rings. The molecule has 0 spiro atoms. The van der Waals surface area contributed by atoms with Crippen LogP contribution in [0.15, 0.2) is 0 Å². The molecule has 1 fully saturated rings. The molecule has 1 heterocycles.